The summed E-state index contributed by atoms with van der Waals surface area (Å²) in [5.41, 5.74) is 4.31. The van der Waals surface area contributed by atoms with E-state index in [0.717, 1.165) is 23.7 Å². The number of nitrogens with one attached hydrogen (secondary N) is 2. The lowest BCUT2D eigenvalue weighted by Gasteiger charge is -2.21. The van der Waals surface area contributed by atoms with Crippen molar-refractivity contribution in [2.45, 2.75) is 37.8 Å². The maximum Gasteiger partial charge on any atom is 0.270 e. The molecule has 1 fully saturated rings. The highest BCUT2D eigenvalue weighted by atomic mass is 16.3. The Bertz CT molecular complexity index is 701. The predicted octanol–water partition coefficient (Wildman–Crippen LogP) is 1.09. The normalized spacial score (nSPS) is 16.6. The molecule has 1 aromatic heterocycles. The van der Waals surface area contributed by atoms with E-state index in [4.69, 9.17) is 0 Å². The van der Waals surface area contributed by atoms with Crippen molar-refractivity contribution in [3.8, 4) is 0 Å². The van der Waals surface area contributed by atoms with E-state index < -0.39 is 11.5 Å². The first-order valence-electron chi connectivity index (χ1n) is 7.44. The van der Waals surface area contributed by atoms with Crippen molar-refractivity contribution in [2.75, 3.05) is 0 Å². The number of nitrogens with zero attached hydrogens (tertiary/aromatic N) is 1. The Labute approximate surface area is 128 Å². The lowest BCUT2D eigenvalue weighted by atomic mass is 10.0. The van der Waals surface area contributed by atoms with Crippen LogP contribution in [0.2, 0.25) is 0 Å². The highest BCUT2D eigenvalue weighted by molar-refractivity contribution is 5.88. The summed E-state index contributed by atoms with van der Waals surface area (Å²) in [6.45, 7) is 0.103. The van der Waals surface area contributed by atoms with Gasteiger partial charge in [-0.3, -0.25) is 20.4 Å². The largest absolute Gasteiger partial charge is 0.380 e. The monoisotopic (exact) mass is 301 g/mol. The number of amides is 2. The zero-order valence-electron chi connectivity index (χ0n) is 12.2. The molecule has 6 heteroatoms. The molecule has 1 aromatic carbocycles. The Balaban J connectivity index is 1.58. The Morgan fingerprint density at radius 3 is 2.64 bits per heavy atom. The molecule has 3 N–H and O–H groups in total. The molecule has 1 aliphatic carbocycles. The Hall–Kier alpha value is -2.34. The Kier molecular flexibility index (Phi) is 3.85. The lowest BCUT2D eigenvalue weighted by molar-refractivity contribution is -0.142. The molecule has 1 heterocycles. The first kappa shape index (κ1) is 14.6. The highest BCUT2D eigenvalue weighted by Crippen LogP contribution is 2.29. The fraction of sp³-hybridized carbons (Fsp3) is 0.375. The molecule has 1 saturated carbocycles. The maximum atomic E-state index is 11.9. The van der Waals surface area contributed by atoms with Gasteiger partial charge in [-0.1, -0.05) is 18.2 Å². The molecule has 0 spiro atoms. The number of rotatable bonds is 3. The molecular formula is C16H19N3O3. The molecule has 0 bridgehead atoms. The van der Waals surface area contributed by atoms with E-state index in [2.05, 4.69) is 10.9 Å². The number of hydrazine groups is 1. The van der Waals surface area contributed by atoms with Crippen molar-refractivity contribution in [1.82, 2.24) is 15.4 Å². The molecule has 0 unspecified atom stereocenters. The third-order valence-corrected chi connectivity index (χ3v) is 4.16. The molecule has 0 radical (unpaired) electrons. The SMILES string of the molecule is O=C(Cn1ccc2ccccc21)NNC(=O)C1(O)CCCC1. The van der Waals surface area contributed by atoms with Crippen molar-refractivity contribution in [3.63, 3.8) is 0 Å². The van der Waals surface area contributed by atoms with Gasteiger partial charge in [0.05, 0.1) is 0 Å². The van der Waals surface area contributed by atoms with Crippen molar-refractivity contribution >= 4 is 22.7 Å². The van der Waals surface area contributed by atoms with Crippen molar-refractivity contribution < 1.29 is 14.7 Å². The van der Waals surface area contributed by atoms with Gasteiger partial charge in [-0.25, -0.2) is 0 Å². The minimum atomic E-state index is -1.34. The Morgan fingerprint density at radius 2 is 1.86 bits per heavy atom. The fourth-order valence-electron chi connectivity index (χ4n) is 2.90. The van der Waals surface area contributed by atoms with Gasteiger partial charge in [-0.05, 0) is 43.2 Å². The number of carbonyl (C=O) groups excluding carboxylic acids is 2. The first-order chi connectivity index (χ1) is 10.6. The predicted molar refractivity (Wildman–Crippen MR) is 81.6 cm³/mol. The molecule has 116 valence electrons. The molecule has 0 atom stereocenters. The highest BCUT2D eigenvalue weighted by Gasteiger charge is 2.38. The van der Waals surface area contributed by atoms with Crippen molar-refractivity contribution in [3.05, 3.63) is 36.5 Å². The summed E-state index contributed by atoms with van der Waals surface area (Å²) < 4.78 is 1.81. The van der Waals surface area contributed by atoms with Gasteiger partial charge in [0.15, 0.2) is 0 Å². The van der Waals surface area contributed by atoms with Gasteiger partial charge >= 0.3 is 0 Å². The van der Waals surface area contributed by atoms with Crippen LogP contribution < -0.4 is 10.9 Å². The van der Waals surface area contributed by atoms with Crippen LogP contribution in [0.5, 0.6) is 0 Å². The van der Waals surface area contributed by atoms with E-state index in [1.54, 1.807) is 4.57 Å². The van der Waals surface area contributed by atoms with Crippen LogP contribution in [0.15, 0.2) is 36.5 Å². The molecule has 1 aliphatic rings. The standard InChI is InChI=1S/C16H19N3O3/c20-14(17-18-15(21)16(22)8-3-4-9-16)11-19-10-7-12-5-1-2-6-13(12)19/h1-2,5-7,10,22H,3-4,8-9,11H2,(H,17,20)(H,18,21). The number of hydrogen-bond donors (Lipinski definition) is 3. The first-order valence-corrected chi connectivity index (χ1v) is 7.44. The second-order valence-corrected chi connectivity index (χ2v) is 5.74. The van der Waals surface area contributed by atoms with E-state index in [9.17, 15) is 14.7 Å². The number of para-hydroxylation sites is 1. The third-order valence-electron chi connectivity index (χ3n) is 4.16. The summed E-state index contributed by atoms with van der Waals surface area (Å²) in [6, 6.07) is 9.69. The minimum Gasteiger partial charge on any atom is -0.380 e. The maximum absolute atomic E-state index is 11.9. The average Bonchev–Trinajstić information content (AvgIpc) is 3.13. The van der Waals surface area contributed by atoms with Crippen LogP contribution in [0, 0.1) is 0 Å². The number of aliphatic hydroxyl groups is 1. The smallest absolute Gasteiger partial charge is 0.270 e. The summed E-state index contributed by atoms with van der Waals surface area (Å²) in [5, 5.41) is 11.2. The van der Waals surface area contributed by atoms with Gasteiger partial charge < -0.3 is 9.67 Å². The zero-order valence-corrected chi connectivity index (χ0v) is 12.2. The lowest BCUT2D eigenvalue weighted by Crippen LogP contribution is -2.52. The Morgan fingerprint density at radius 1 is 1.14 bits per heavy atom. The molecule has 22 heavy (non-hydrogen) atoms. The molecule has 2 amide bonds. The van der Waals surface area contributed by atoms with E-state index >= 15 is 0 Å². The van der Waals surface area contributed by atoms with Crippen LogP contribution in [0.4, 0.5) is 0 Å². The summed E-state index contributed by atoms with van der Waals surface area (Å²) in [6.07, 6.45) is 4.37. The summed E-state index contributed by atoms with van der Waals surface area (Å²) >= 11 is 0. The van der Waals surface area contributed by atoms with E-state index in [0.29, 0.717) is 12.8 Å². The van der Waals surface area contributed by atoms with Crippen LogP contribution in [-0.4, -0.2) is 27.1 Å². The topological polar surface area (TPSA) is 83.4 Å². The van der Waals surface area contributed by atoms with Crippen LogP contribution in [0.25, 0.3) is 10.9 Å². The zero-order chi connectivity index (χ0) is 15.6. The van der Waals surface area contributed by atoms with Crippen LogP contribution in [0.1, 0.15) is 25.7 Å². The van der Waals surface area contributed by atoms with Gasteiger partial charge in [-0.2, -0.15) is 0 Å². The molecule has 0 aliphatic heterocycles. The number of fused-ring (bicyclic) bond motifs is 1. The third kappa shape index (κ3) is 2.82. The number of carbonyl (C=O) groups is 2. The molecule has 6 nitrogen and oxygen atoms in total. The van der Waals surface area contributed by atoms with E-state index in [1.165, 1.54) is 0 Å². The summed E-state index contributed by atoms with van der Waals surface area (Å²) in [7, 11) is 0. The number of aromatic nitrogens is 1. The summed E-state index contributed by atoms with van der Waals surface area (Å²) in [4.78, 5) is 23.9. The second-order valence-electron chi connectivity index (χ2n) is 5.74. The minimum absolute atomic E-state index is 0.103. The molecule has 2 aromatic rings. The number of hydrogen-bond acceptors (Lipinski definition) is 3. The quantitative estimate of drug-likeness (QED) is 0.742. The summed E-state index contributed by atoms with van der Waals surface area (Å²) in [5.74, 6) is -0.869. The van der Waals surface area contributed by atoms with Gasteiger partial charge in [0.1, 0.15) is 12.1 Å². The second kappa shape index (κ2) is 5.81. The van der Waals surface area contributed by atoms with E-state index in [1.807, 2.05) is 36.5 Å². The molecular weight excluding hydrogens is 282 g/mol. The van der Waals surface area contributed by atoms with Crippen LogP contribution >= 0.6 is 0 Å². The number of benzene rings is 1. The van der Waals surface area contributed by atoms with Gasteiger partial charge in [0.2, 0.25) is 0 Å². The average molecular weight is 301 g/mol. The molecule has 3 rings (SSSR count). The molecule has 0 saturated heterocycles. The van der Waals surface area contributed by atoms with Gasteiger partial charge in [-0.15, -0.1) is 0 Å². The van der Waals surface area contributed by atoms with Crippen LogP contribution in [-0.2, 0) is 16.1 Å². The van der Waals surface area contributed by atoms with E-state index in [-0.39, 0.29) is 12.5 Å². The van der Waals surface area contributed by atoms with Gasteiger partial charge in [0.25, 0.3) is 11.8 Å². The van der Waals surface area contributed by atoms with Gasteiger partial charge in [0, 0.05) is 11.7 Å². The van der Waals surface area contributed by atoms with Crippen molar-refractivity contribution in [1.29, 1.82) is 0 Å². The van der Waals surface area contributed by atoms with Crippen molar-refractivity contribution in [2.24, 2.45) is 0 Å². The fourth-order valence-corrected chi connectivity index (χ4v) is 2.90. The van der Waals surface area contributed by atoms with Crippen LogP contribution in [0.3, 0.4) is 0 Å².